The van der Waals surface area contributed by atoms with Crippen molar-refractivity contribution in [1.82, 2.24) is 10.2 Å². The van der Waals surface area contributed by atoms with E-state index < -0.39 is 0 Å². The molecule has 0 aromatic carbocycles. The van der Waals surface area contributed by atoms with Crippen molar-refractivity contribution in [1.29, 1.82) is 0 Å². The maximum absolute atomic E-state index is 3.67. The number of rotatable bonds is 4. The third-order valence-corrected chi connectivity index (χ3v) is 4.80. The number of hydrogen-bond donors (Lipinski definition) is 1. The first-order valence-corrected chi connectivity index (χ1v) is 7.61. The van der Waals surface area contributed by atoms with Crippen LogP contribution in [0.25, 0.3) is 0 Å². The molecular formula is C15H28N2. The Morgan fingerprint density at radius 1 is 1.18 bits per heavy atom. The molecule has 0 unspecified atom stereocenters. The van der Waals surface area contributed by atoms with Gasteiger partial charge in [0.25, 0.3) is 0 Å². The van der Waals surface area contributed by atoms with Crippen molar-refractivity contribution in [3.05, 3.63) is 0 Å². The zero-order valence-corrected chi connectivity index (χ0v) is 11.5. The van der Waals surface area contributed by atoms with E-state index in [0.29, 0.717) is 5.54 Å². The van der Waals surface area contributed by atoms with E-state index in [2.05, 4.69) is 24.1 Å². The highest BCUT2D eigenvalue weighted by molar-refractivity contribution is 4.94. The van der Waals surface area contributed by atoms with Crippen LogP contribution in [0.1, 0.15) is 46.0 Å². The van der Waals surface area contributed by atoms with E-state index >= 15 is 0 Å². The average Bonchev–Trinajstić information content (AvgIpc) is 3.13. The predicted molar refractivity (Wildman–Crippen MR) is 72.1 cm³/mol. The van der Waals surface area contributed by atoms with Crippen LogP contribution in [0.2, 0.25) is 0 Å². The van der Waals surface area contributed by atoms with E-state index in [4.69, 9.17) is 0 Å². The Bertz CT molecular complexity index is 254. The van der Waals surface area contributed by atoms with Crippen molar-refractivity contribution in [2.75, 3.05) is 26.2 Å². The van der Waals surface area contributed by atoms with Crippen LogP contribution in [0.4, 0.5) is 0 Å². The Balaban J connectivity index is 1.58. The molecular weight excluding hydrogens is 208 g/mol. The maximum atomic E-state index is 3.67. The maximum Gasteiger partial charge on any atom is 0.0252 e. The third kappa shape index (κ3) is 3.23. The largest absolute Gasteiger partial charge is 0.310 e. The first kappa shape index (κ1) is 12.0. The van der Waals surface area contributed by atoms with Crippen molar-refractivity contribution in [3.8, 4) is 0 Å². The summed E-state index contributed by atoms with van der Waals surface area (Å²) in [4.78, 5) is 2.75. The second kappa shape index (κ2) is 4.55. The summed E-state index contributed by atoms with van der Waals surface area (Å²) in [6.07, 6.45) is 7.42. The Morgan fingerprint density at radius 3 is 2.41 bits per heavy atom. The second-order valence-electron chi connectivity index (χ2n) is 7.24. The summed E-state index contributed by atoms with van der Waals surface area (Å²) in [5.41, 5.74) is 0.314. The standard InChI is InChI=1S/C15H28N2/c1-15(2)11-17(9-3-8-16-15)10-14(12-4-5-12)13-6-7-13/h12-14,16H,3-11H2,1-2H3. The molecule has 2 saturated carbocycles. The van der Waals surface area contributed by atoms with Crippen molar-refractivity contribution >= 4 is 0 Å². The smallest absolute Gasteiger partial charge is 0.0252 e. The fourth-order valence-electron chi connectivity index (χ4n) is 3.61. The molecule has 0 aromatic heterocycles. The van der Waals surface area contributed by atoms with Gasteiger partial charge in [0.2, 0.25) is 0 Å². The van der Waals surface area contributed by atoms with E-state index in [9.17, 15) is 0 Å². The SMILES string of the molecule is CC1(C)CN(CC(C2CC2)C2CC2)CCCN1. The zero-order chi connectivity index (χ0) is 11.9. The molecule has 2 heteroatoms. The predicted octanol–water partition coefficient (Wildman–Crippen LogP) is 2.50. The van der Waals surface area contributed by atoms with Crippen LogP contribution in [0, 0.1) is 17.8 Å². The van der Waals surface area contributed by atoms with Gasteiger partial charge in [0.1, 0.15) is 0 Å². The van der Waals surface area contributed by atoms with Gasteiger partial charge in [-0.3, -0.25) is 0 Å². The molecule has 1 N–H and O–H groups in total. The number of nitrogens with one attached hydrogen (secondary N) is 1. The van der Waals surface area contributed by atoms with Crippen molar-refractivity contribution in [3.63, 3.8) is 0 Å². The van der Waals surface area contributed by atoms with Crippen LogP contribution in [-0.4, -0.2) is 36.6 Å². The van der Waals surface area contributed by atoms with Crippen LogP contribution < -0.4 is 5.32 Å². The van der Waals surface area contributed by atoms with E-state index in [1.807, 2.05) is 0 Å². The molecule has 1 heterocycles. The highest BCUT2D eigenvalue weighted by Crippen LogP contribution is 2.49. The molecule has 0 atom stereocenters. The van der Waals surface area contributed by atoms with Gasteiger partial charge in [0.05, 0.1) is 0 Å². The lowest BCUT2D eigenvalue weighted by molar-refractivity contribution is 0.179. The van der Waals surface area contributed by atoms with Crippen LogP contribution in [0.15, 0.2) is 0 Å². The Labute approximate surface area is 106 Å². The van der Waals surface area contributed by atoms with E-state index in [1.165, 1.54) is 58.3 Å². The van der Waals surface area contributed by atoms with E-state index in [1.54, 1.807) is 0 Å². The molecule has 0 bridgehead atoms. The molecule has 17 heavy (non-hydrogen) atoms. The Morgan fingerprint density at radius 2 is 1.82 bits per heavy atom. The molecule has 3 aliphatic rings. The molecule has 2 aliphatic carbocycles. The van der Waals surface area contributed by atoms with Gasteiger partial charge in [-0.2, -0.15) is 0 Å². The minimum atomic E-state index is 0.314. The highest BCUT2D eigenvalue weighted by Gasteiger charge is 2.42. The quantitative estimate of drug-likeness (QED) is 0.807. The van der Waals surface area contributed by atoms with Crippen LogP contribution >= 0.6 is 0 Å². The van der Waals surface area contributed by atoms with Gasteiger partial charge < -0.3 is 10.2 Å². The van der Waals surface area contributed by atoms with Crippen molar-refractivity contribution < 1.29 is 0 Å². The molecule has 0 amide bonds. The molecule has 0 spiro atoms. The number of hydrogen-bond acceptors (Lipinski definition) is 2. The lowest BCUT2D eigenvalue weighted by Crippen LogP contribution is -2.47. The topological polar surface area (TPSA) is 15.3 Å². The molecule has 98 valence electrons. The van der Waals surface area contributed by atoms with Crippen LogP contribution in [0.3, 0.4) is 0 Å². The Kier molecular flexibility index (Phi) is 3.20. The van der Waals surface area contributed by atoms with Gasteiger partial charge in [-0.05, 0) is 76.8 Å². The minimum absolute atomic E-state index is 0.314. The minimum Gasteiger partial charge on any atom is -0.310 e. The summed E-state index contributed by atoms with van der Waals surface area (Å²) in [6.45, 7) is 9.85. The third-order valence-electron chi connectivity index (χ3n) is 4.80. The second-order valence-corrected chi connectivity index (χ2v) is 7.24. The number of nitrogens with zero attached hydrogens (tertiary/aromatic N) is 1. The highest BCUT2D eigenvalue weighted by atomic mass is 15.2. The van der Waals surface area contributed by atoms with Crippen molar-refractivity contribution in [2.24, 2.45) is 17.8 Å². The zero-order valence-electron chi connectivity index (χ0n) is 11.5. The molecule has 1 aliphatic heterocycles. The molecule has 2 nitrogen and oxygen atoms in total. The molecule has 0 aromatic rings. The van der Waals surface area contributed by atoms with E-state index in [-0.39, 0.29) is 0 Å². The fourth-order valence-corrected chi connectivity index (χ4v) is 3.61. The summed E-state index contributed by atoms with van der Waals surface area (Å²) in [5.74, 6) is 3.24. The fraction of sp³-hybridized carbons (Fsp3) is 1.00. The summed E-state index contributed by atoms with van der Waals surface area (Å²) in [5, 5.41) is 3.67. The van der Waals surface area contributed by atoms with Gasteiger partial charge in [0.15, 0.2) is 0 Å². The van der Waals surface area contributed by atoms with Crippen molar-refractivity contribution in [2.45, 2.75) is 51.5 Å². The lowest BCUT2D eigenvalue weighted by Gasteiger charge is -2.32. The van der Waals surface area contributed by atoms with Gasteiger partial charge in [-0.25, -0.2) is 0 Å². The lowest BCUT2D eigenvalue weighted by atomic mass is 9.96. The molecule has 0 radical (unpaired) electrons. The van der Waals surface area contributed by atoms with E-state index in [0.717, 1.165) is 17.8 Å². The van der Waals surface area contributed by atoms with Crippen LogP contribution in [-0.2, 0) is 0 Å². The van der Waals surface area contributed by atoms with Gasteiger partial charge in [-0.1, -0.05) is 0 Å². The Hall–Kier alpha value is -0.0800. The molecule has 1 saturated heterocycles. The normalized spacial score (nSPS) is 30.5. The first-order chi connectivity index (χ1) is 8.14. The summed E-state index contributed by atoms with van der Waals surface area (Å²) in [7, 11) is 0. The average molecular weight is 236 g/mol. The van der Waals surface area contributed by atoms with Gasteiger partial charge >= 0.3 is 0 Å². The molecule has 3 rings (SSSR count). The summed E-state index contributed by atoms with van der Waals surface area (Å²) >= 11 is 0. The van der Waals surface area contributed by atoms with Crippen LogP contribution in [0.5, 0.6) is 0 Å². The van der Waals surface area contributed by atoms with Gasteiger partial charge in [-0.15, -0.1) is 0 Å². The first-order valence-electron chi connectivity index (χ1n) is 7.61. The van der Waals surface area contributed by atoms with Gasteiger partial charge in [0, 0.05) is 18.6 Å². The molecule has 3 fully saturated rings. The monoisotopic (exact) mass is 236 g/mol. The summed E-state index contributed by atoms with van der Waals surface area (Å²) < 4.78 is 0. The summed E-state index contributed by atoms with van der Waals surface area (Å²) in [6, 6.07) is 0.